The van der Waals surface area contributed by atoms with Gasteiger partial charge in [0.15, 0.2) is 18.1 Å². The fourth-order valence-electron chi connectivity index (χ4n) is 2.85. The van der Waals surface area contributed by atoms with Crippen LogP contribution in [0.25, 0.3) is 0 Å². The van der Waals surface area contributed by atoms with E-state index in [1.165, 1.54) is 24.1 Å². The summed E-state index contributed by atoms with van der Waals surface area (Å²) in [6.45, 7) is 0.488. The number of methoxy groups -OCH3 is 1. The van der Waals surface area contributed by atoms with Gasteiger partial charge in [0.2, 0.25) is 5.75 Å². The molecule has 0 aliphatic carbocycles. The molecular weight excluding hydrogens is 376 g/mol. The van der Waals surface area contributed by atoms with E-state index in [2.05, 4.69) is 0 Å². The number of esters is 1. The molecule has 0 aromatic heterocycles. The van der Waals surface area contributed by atoms with Crippen LogP contribution in [-0.2, 0) is 9.53 Å². The van der Waals surface area contributed by atoms with Gasteiger partial charge in [-0.05, 0) is 24.3 Å². The number of anilines is 1. The lowest BCUT2D eigenvalue weighted by Gasteiger charge is -2.22. The quantitative estimate of drug-likeness (QED) is 0.663. The summed E-state index contributed by atoms with van der Waals surface area (Å²) in [7, 11) is 1.46. The molecule has 0 saturated heterocycles. The minimum Gasteiger partial charge on any atom is -0.493 e. The first-order valence-electron chi connectivity index (χ1n) is 9.01. The molecule has 0 spiro atoms. The Hall–Kier alpha value is -3.73. The Kier molecular flexibility index (Phi) is 6.53. The summed E-state index contributed by atoms with van der Waals surface area (Å²) in [6.07, 6.45) is 0.161. The molecule has 0 atom stereocenters. The van der Waals surface area contributed by atoms with Gasteiger partial charge >= 0.3 is 5.97 Å². The van der Waals surface area contributed by atoms with E-state index in [-0.39, 0.29) is 18.5 Å². The van der Waals surface area contributed by atoms with E-state index in [4.69, 9.17) is 24.2 Å². The van der Waals surface area contributed by atoms with Gasteiger partial charge in [-0.25, -0.2) is 4.79 Å². The predicted octanol–water partition coefficient (Wildman–Crippen LogP) is 2.57. The lowest BCUT2D eigenvalue weighted by Crippen LogP contribution is -2.35. The standard InChI is InChI=1S/C21H20N2O6/c1-26-17-12-15(13-18-20(17)28-11-10-27-18)21(25)29-14-19(24)23(9-5-8-22)16-6-3-2-4-7-16/h2-4,6-7,12-13H,5,9-11,14H2,1H3. The number of para-hydroxylation sites is 1. The summed E-state index contributed by atoms with van der Waals surface area (Å²) >= 11 is 0. The minimum atomic E-state index is -0.693. The highest BCUT2D eigenvalue weighted by Crippen LogP contribution is 2.40. The van der Waals surface area contributed by atoms with Gasteiger partial charge in [-0.3, -0.25) is 4.79 Å². The summed E-state index contributed by atoms with van der Waals surface area (Å²) in [5.41, 5.74) is 0.812. The van der Waals surface area contributed by atoms with E-state index in [1.54, 1.807) is 24.3 Å². The fourth-order valence-corrected chi connectivity index (χ4v) is 2.85. The van der Waals surface area contributed by atoms with Crippen molar-refractivity contribution >= 4 is 17.6 Å². The monoisotopic (exact) mass is 396 g/mol. The van der Waals surface area contributed by atoms with Crippen LogP contribution < -0.4 is 19.1 Å². The van der Waals surface area contributed by atoms with Crippen LogP contribution in [0.4, 0.5) is 5.69 Å². The molecule has 0 unspecified atom stereocenters. The highest BCUT2D eigenvalue weighted by Gasteiger charge is 2.23. The van der Waals surface area contributed by atoms with Gasteiger partial charge in [0.25, 0.3) is 5.91 Å². The van der Waals surface area contributed by atoms with Crippen LogP contribution in [0, 0.1) is 11.3 Å². The zero-order valence-electron chi connectivity index (χ0n) is 15.9. The SMILES string of the molecule is COc1cc(C(=O)OCC(=O)N(CCC#N)c2ccccc2)cc2c1OCCO2. The van der Waals surface area contributed by atoms with Crippen molar-refractivity contribution in [1.29, 1.82) is 5.26 Å². The van der Waals surface area contributed by atoms with Gasteiger partial charge < -0.3 is 23.8 Å². The molecule has 29 heavy (non-hydrogen) atoms. The lowest BCUT2D eigenvalue weighted by atomic mass is 10.1. The van der Waals surface area contributed by atoms with Gasteiger partial charge in [-0.1, -0.05) is 18.2 Å². The fraction of sp³-hybridized carbons (Fsp3) is 0.286. The average molecular weight is 396 g/mol. The Morgan fingerprint density at radius 1 is 1.17 bits per heavy atom. The zero-order chi connectivity index (χ0) is 20.6. The summed E-state index contributed by atoms with van der Waals surface area (Å²) in [6, 6.07) is 13.9. The van der Waals surface area contributed by atoms with E-state index in [9.17, 15) is 9.59 Å². The molecule has 1 amide bonds. The predicted molar refractivity (Wildman–Crippen MR) is 103 cm³/mol. The second-order valence-electron chi connectivity index (χ2n) is 6.07. The molecule has 0 saturated carbocycles. The molecule has 2 aromatic rings. The number of nitriles is 1. The maximum atomic E-state index is 12.6. The largest absolute Gasteiger partial charge is 0.493 e. The smallest absolute Gasteiger partial charge is 0.338 e. The highest BCUT2D eigenvalue weighted by molar-refractivity contribution is 5.97. The molecule has 3 rings (SSSR count). The number of hydrogen-bond donors (Lipinski definition) is 0. The molecule has 0 N–H and O–H groups in total. The third-order valence-corrected chi connectivity index (χ3v) is 4.21. The number of benzene rings is 2. The number of amides is 1. The van der Waals surface area contributed by atoms with Crippen molar-refractivity contribution in [2.24, 2.45) is 0 Å². The summed E-state index contributed by atoms with van der Waals surface area (Å²) < 4.78 is 21.5. The summed E-state index contributed by atoms with van der Waals surface area (Å²) in [5, 5.41) is 8.85. The Balaban J connectivity index is 1.70. The van der Waals surface area contributed by atoms with Crippen molar-refractivity contribution in [2.45, 2.75) is 6.42 Å². The Bertz CT molecular complexity index is 906. The van der Waals surface area contributed by atoms with Crippen molar-refractivity contribution in [3.63, 3.8) is 0 Å². The van der Waals surface area contributed by atoms with Crippen LogP contribution in [0.1, 0.15) is 16.8 Å². The van der Waals surface area contributed by atoms with Crippen molar-refractivity contribution < 1.29 is 28.5 Å². The zero-order valence-corrected chi connectivity index (χ0v) is 15.9. The lowest BCUT2D eigenvalue weighted by molar-refractivity contribution is -0.121. The Labute approximate surface area is 168 Å². The van der Waals surface area contributed by atoms with Gasteiger partial charge in [-0.2, -0.15) is 5.26 Å². The molecular formula is C21H20N2O6. The summed E-state index contributed by atoms with van der Waals surface area (Å²) in [4.78, 5) is 26.5. The molecule has 1 aliphatic rings. The first-order chi connectivity index (χ1) is 14.1. The van der Waals surface area contributed by atoms with Gasteiger partial charge in [0.1, 0.15) is 13.2 Å². The van der Waals surface area contributed by atoms with E-state index in [1.807, 2.05) is 12.1 Å². The van der Waals surface area contributed by atoms with Gasteiger partial charge in [-0.15, -0.1) is 0 Å². The van der Waals surface area contributed by atoms with E-state index in [0.717, 1.165) is 0 Å². The third-order valence-electron chi connectivity index (χ3n) is 4.21. The topological polar surface area (TPSA) is 98.1 Å². The van der Waals surface area contributed by atoms with Crippen molar-refractivity contribution in [1.82, 2.24) is 0 Å². The maximum Gasteiger partial charge on any atom is 0.338 e. The second-order valence-corrected chi connectivity index (χ2v) is 6.07. The second kappa shape index (κ2) is 9.46. The number of hydrogen-bond acceptors (Lipinski definition) is 7. The molecule has 150 valence electrons. The molecule has 8 nitrogen and oxygen atoms in total. The van der Waals surface area contributed by atoms with Gasteiger partial charge in [0.05, 0.1) is 25.2 Å². The summed E-state index contributed by atoms with van der Waals surface area (Å²) in [5.74, 6) is 0.0403. The first-order valence-corrected chi connectivity index (χ1v) is 9.01. The molecule has 1 aliphatic heterocycles. The number of carbonyl (C=O) groups excluding carboxylic acids is 2. The maximum absolute atomic E-state index is 12.6. The van der Waals surface area contributed by atoms with Crippen LogP contribution in [0.3, 0.4) is 0 Å². The van der Waals surface area contributed by atoms with Gasteiger partial charge in [0, 0.05) is 12.2 Å². The highest BCUT2D eigenvalue weighted by atomic mass is 16.6. The third kappa shape index (κ3) is 4.76. The van der Waals surface area contributed by atoms with Crippen LogP contribution in [0.2, 0.25) is 0 Å². The first kappa shape index (κ1) is 20.0. The number of nitrogens with zero attached hydrogens (tertiary/aromatic N) is 2. The molecule has 8 heteroatoms. The Morgan fingerprint density at radius 2 is 1.93 bits per heavy atom. The van der Waals surface area contributed by atoms with E-state index in [0.29, 0.717) is 36.1 Å². The molecule has 1 heterocycles. The van der Waals surface area contributed by atoms with Crippen LogP contribution in [0.5, 0.6) is 17.2 Å². The average Bonchev–Trinajstić information content (AvgIpc) is 2.77. The Morgan fingerprint density at radius 3 is 2.66 bits per heavy atom. The molecule has 0 radical (unpaired) electrons. The van der Waals surface area contributed by atoms with Crippen LogP contribution in [-0.4, -0.2) is 45.4 Å². The number of fused-ring (bicyclic) bond motifs is 1. The number of carbonyl (C=O) groups is 2. The van der Waals surface area contributed by atoms with E-state index < -0.39 is 18.5 Å². The van der Waals surface area contributed by atoms with Crippen LogP contribution in [0.15, 0.2) is 42.5 Å². The van der Waals surface area contributed by atoms with Crippen molar-refractivity contribution in [2.75, 3.05) is 38.4 Å². The molecule has 0 bridgehead atoms. The minimum absolute atomic E-state index is 0.161. The van der Waals surface area contributed by atoms with Crippen LogP contribution >= 0.6 is 0 Å². The number of rotatable bonds is 7. The molecule has 0 fully saturated rings. The molecule has 2 aromatic carbocycles. The van der Waals surface area contributed by atoms with E-state index >= 15 is 0 Å². The van der Waals surface area contributed by atoms with Crippen molar-refractivity contribution in [3.05, 3.63) is 48.0 Å². The number of ether oxygens (including phenoxy) is 4. The van der Waals surface area contributed by atoms with Crippen molar-refractivity contribution in [3.8, 4) is 23.3 Å². The normalized spacial score (nSPS) is 11.9.